The van der Waals surface area contributed by atoms with Crippen molar-refractivity contribution >= 4 is 5.91 Å². The summed E-state index contributed by atoms with van der Waals surface area (Å²) in [6, 6.07) is -0.342. The van der Waals surface area contributed by atoms with Crippen molar-refractivity contribution in [2.75, 3.05) is 20.3 Å². The molecule has 0 radical (unpaired) electrons. The van der Waals surface area contributed by atoms with Crippen LogP contribution in [0.3, 0.4) is 0 Å². The predicted octanol–water partition coefficient (Wildman–Crippen LogP) is 0.773. The van der Waals surface area contributed by atoms with Crippen molar-refractivity contribution in [2.24, 2.45) is 5.73 Å². The van der Waals surface area contributed by atoms with Gasteiger partial charge >= 0.3 is 0 Å². The summed E-state index contributed by atoms with van der Waals surface area (Å²) in [7, 11) is 1.62. The number of carbonyl (C=O) groups excluding carboxylic acids is 1. The monoisotopic (exact) mass is 214 g/mol. The smallest absolute Gasteiger partial charge is 0.240 e. The van der Waals surface area contributed by atoms with Gasteiger partial charge in [-0.2, -0.15) is 0 Å². The van der Waals surface area contributed by atoms with Gasteiger partial charge < -0.3 is 15.4 Å². The van der Waals surface area contributed by atoms with E-state index in [2.05, 4.69) is 6.58 Å². The van der Waals surface area contributed by atoms with Crippen molar-refractivity contribution in [2.45, 2.75) is 32.4 Å². The van der Waals surface area contributed by atoms with Gasteiger partial charge in [0, 0.05) is 19.7 Å². The molecule has 0 aromatic heterocycles. The standard InChI is InChI=1S/C11H22N2O2/c1-5-6-10(12)11(14)13(9(2)3)7-8-15-4/h5,9-10H,1,6-8,12H2,2-4H3. The molecule has 0 aromatic rings. The molecule has 0 aliphatic carbocycles. The lowest BCUT2D eigenvalue weighted by molar-refractivity contribution is -0.134. The lowest BCUT2D eigenvalue weighted by Gasteiger charge is -2.28. The fraction of sp³-hybridized carbons (Fsp3) is 0.727. The zero-order valence-corrected chi connectivity index (χ0v) is 9.90. The summed E-state index contributed by atoms with van der Waals surface area (Å²) in [5.41, 5.74) is 5.73. The van der Waals surface area contributed by atoms with Crippen molar-refractivity contribution in [1.29, 1.82) is 0 Å². The highest BCUT2D eigenvalue weighted by atomic mass is 16.5. The van der Waals surface area contributed by atoms with Crippen molar-refractivity contribution in [1.82, 2.24) is 4.90 Å². The van der Waals surface area contributed by atoms with E-state index >= 15 is 0 Å². The minimum atomic E-state index is -0.484. The molecule has 1 amide bonds. The molecule has 1 unspecified atom stereocenters. The van der Waals surface area contributed by atoms with Crippen molar-refractivity contribution in [3.63, 3.8) is 0 Å². The first-order chi connectivity index (χ1) is 7.04. The van der Waals surface area contributed by atoms with Gasteiger partial charge in [-0.15, -0.1) is 6.58 Å². The molecular weight excluding hydrogens is 192 g/mol. The number of methoxy groups -OCH3 is 1. The largest absolute Gasteiger partial charge is 0.383 e. The highest BCUT2D eigenvalue weighted by Gasteiger charge is 2.21. The number of ether oxygens (including phenoxy) is 1. The summed E-state index contributed by atoms with van der Waals surface area (Å²) < 4.78 is 4.96. The highest BCUT2D eigenvalue weighted by molar-refractivity contribution is 5.82. The van der Waals surface area contributed by atoms with E-state index in [0.717, 1.165) is 0 Å². The van der Waals surface area contributed by atoms with Crippen LogP contribution in [0.2, 0.25) is 0 Å². The van der Waals surface area contributed by atoms with Crippen LogP contribution >= 0.6 is 0 Å². The molecule has 1 atom stereocenters. The number of nitrogens with zero attached hydrogens (tertiary/aromatic N) is 1. The van der Waals surface area contributed by atoms with Crippen LogP contribution in [0.5, 0.6) is 0 Å². The third-order valence-corrected chi connectivity index (χ3v) is 2.18. The van der Waals surface area contributed by atoms with E-state index in [-0.39, 0.29) is 11.9 Å². The second-order valence-electron chi connectivity index (χ2n) is 3.75. The van der Waals surface area contributed by atoms with E-state index in [0.29, 0.717) is 19.6 Å². The van der Waals surface area contributed by atoms with Gasteiger partial charge in [-0.05, 0) is 20.3 Å². The van der Waals surface area contributed by atoms with Crippen LogP contribution in [0.4, 0.5) is 0 Å². The maximum absolute atomic E-state index is 11.9. The Morgan fingerprint density at radius 3 is 2.60 bits per heavy atom. The van der Waals surface area contributed by atoms with Crippen LogP contribution in [0.25, 0.3) is 0 Å². The molecule has 0 spiro atoms. The Hall–Kier alpha value is -0.870. The molecule has 0 rings (SSSR count). The Kier molecular flexibility index (Phi) is 6.99. The van der Waals surface area contributed by atoms with Gasteiger partial charge in [0.05, 0.1) is 12.6 Å². The van der Waals surface area contributed by atoms with Crippen LogP contribution in [0, 0.1) is 0 Å². The van der Waals surface area contributed by atoms with Crippen LogP contribution in [0.15, 0.2) is 12.7 Å². The Labute approximate surface area is 92.1 Å². The van der Waals surface area contributed by atoms with Crippen LogP contribution in [-0.2, 0) is 9.53 Å². The summed E-state index contributed by atoms with van der Waals surface area (Å²) in [5, 5.41) is 0. The third kappa shape index (κ3) is 4.95. The lowest BCUT2D eigenvalue weighted by Crippen LogP contribution is -2.48. The van der Waals surface area contributed by atoms with Crippen LogP contribution in [-0.4, -0.2) is 43.2 Å². The Balaban J connectivity index is 4.33. The average Bonchev–Trinajstić information content (AvgIpc) is 2.18. The fourth-order valence-electron chi connectivity index (χ4n) is 1.31. The first-order valence-corrected chi connectivity index (χ1v) is 5.20. The minimum Gasteiger partial charge on any atom is -0.383 e. The van der Waals surface area contributed by atoms with Gasteiger partial charge in [0.2, 0.25) is 5.91 Å². The summed E-state index contributed by atoms with van der Waals surface area (Å²) in [4.78, 5) is 13.6. The molecule has 0 saturated heterocycles. The summed E-state index contributed by atoms with van der Waals surface area (Å²) in [6.07, 6.45) is 2.17. The van der Waals surface area contributed by atoms with Gasteiger partial charge in [0.1, 0.15) is 0 Å². The van der Waals surface area contributed by atoms with E-state index in [1.54, 1.807) is 18.1 Å². The molecule has 0 fully saturated rings. The molecule has 4 heteroatoms. The summed E-state index contributed by atoms with van der Waals surface area (Å²) in [6.45, 7) is 8.62. The molecule has 0 aromatic carbocycles. The van der Waals surface area contributed by atoms with Gasteiger partial charge in [-0.25, -0.2) is 0 Å². The van der Waals surface area contributed by atoms with E-state index < -0.39 is 6.04 Å². The fourth-order valence-corrected chi connectivity index (χ4v) is 1.31. The van der Waals surface area contributed by atoms with E-state index in [9.17, 15) is 4.79 Å². The Morgan fingerprint density at radius 1 is 1.60 bits per heavy atom. The molecule has 0 saturated carbocycles. The van der Waals surface area contributed by atoms with Crippen molar-refractivity contribution < 1.29 is 9.53 Å². The maximum Gasteiger partial charge on any atom is 0.240 e. The number of amides is 1. The number of carbonyl (C=O) groups is 1. The van der Waals surface area contributed by atoms with Crippen molar-refractivity contribution in [3.05, 3.63) is 12.7 Å². The molecule has 0 bridgehead atoms. The van der Waals surface area contributed by atoms with Crippen LogP contribution in [0.1, 0.15) is 20.3 Å². The first-order valence-electron chi connectivity index (χ1n) is 5.20. The second-order valence-corrected chi connectivity index (χ2v) is 3.75. The predicted molar refractivity (Wildman–Crippen MR) is 61.5 cm³/mol. The zero-order chi connectivity index (χ0) is 11.8. The third-order valence-electron chi connectivity index (χ3n) is 2.18. The Morgan fingerprint density at radius 2 is 2.20 bits per heavy atom. The SMILES string of the molecule is C=CCC(N)C(=O)N(CCOC)C(C)C. The number of nitrogens with two attached hydrogens (primary N) is 1. The molecule has 15 heavy (non-hydrogen) atoms. The minimum absolute atomic E-state index is 0.0399. The molecule has 0 aliphatic rings. The average molecular weight is 214 g/mol. The van der Waals surface area contributed by atoms with E-state index in [1.165, 1.54) is 0 Å². The zero-order valence-electron chi connectivity index (χ0n) is 9.90. The number of hydrogen-bond acceptors (Lipinski definition) is 3. The summed E-state index contributed by atoms with van der Waals surface area (Å²) >= 11 is 0. The number of rotatable bonds is 7. The first kappa shape index (κ1) is 14.1. The van der Waals surface area contributed by atoms with Gasteiger partial charge in [0.15, 0.2) is 0 Å². The quantitative estimate of drug-likeness (QED) is 0.637. The van der Waals surface area contributed by atoms with E-state index in [4.69, 9.17) is 10.5 Å². The maximum atomic E-state index is 11.9. The van der Waals surface area contributed by atoms with Gasteiger partial charge in [0.25, 0.3) is 0 Å². The van der Waals surface area contributed by atoms with Gasteiger partial charge in [-0.3, -0.25) is 4.79 Å². The normalized spacial score (nSPS) is 12.6. The second kappa shape index (κ2) is 7.43. The van der Waals surface area contributed by atoms with E-state index in [1.807, 2.05) is 13.8 Å². The van der Waals surface area contributed by atoms with Crippen molar-refractivity contribution in [3.8, 4) is 0 Å². The lowest BCUT2D eigenvalue weighted by atomic mass is 10.1. The molecule has 0 heterocycles. The van der Waals surface area contributed by atoms with Gasteiger partial charge in [-0.1, -0.05) is 6.08 Å². The molecule has 0 aliphatic heterocycles. The molecular formula is C11H22N2O2. The van der Waals surface area contributed by atoms with Crippen LogP contribution < -0.4 is 5.73 Å². The molecule has 4 nitrogen and oxygen atoms in total. The topological polar surface area (TPSA) is 55.6 Å². The molecule has 88 valence electrons. The molecule has 2 N–H and O–H groups in total. The number of hydrogen-bond donors (Lipinski definition) is 1. The Bertz CT molecular complexity index is 205. The highest BCUT2D eigenvalue weighted by Crippen LogP contribution is 2.03. The summed E-state index contributed by atoms with van der Waals surface area (Å²) in [5.74, 6) is -0.0399.